The Morgan fingerprint density at radius 2 is 1.76 bits per heavy atom. The zero-order valence-electron chi connectivity index (χ0n) is 43.1. The molecule has 1 aromatic carbocycles. The van der Waals surface area contributed by atoms with Gasteiger partial charge in [-0.15, -0.1) is 0 Å². The predicted octanol–water partition coefficient (Wildman–Crippen LogP) is 3.70. The quantitative estimate of drug-likeness (QED) is 0.0164. The number of likely N-dealkylation sites (tertiary alicyclic amines) is 1. The fourth-order valence-electron chi connectivity index (χ4n) is 10.8. The minimum atomic E-state index is -1.94. The van der Waals surface area contributed by atoms with Crippen molar-refractivity contribution in [3.05, 3.63) is 61.8 Å². The van der Waals surface area contributed by atoms with Crippen LogP contribution in [0.2, 0.25) is 0 Å². The van der Waals surface area contributed by atoms with Crippen LogP contribution >= 0.6 is 28.6 Å². The third-order valence-corrected chi connectivity index (χ3v) is 16.1. The van der Waals surface area contributed by atoms with Crippen LogP contribution in [0.15, 0.2) is 39.6 Å². The molecular formula is C53H68BrN9O12S. The zero-order chi connectivity index (χ0) is 54.9. The molecule has 23 heteroatoms. The standard InChI is InChI=1S/C53H68BrN9O12S/c1-4-53(35-22-40-45-31(21-33-36(54)13-11-14-37(33)59-45)25-63(40)48(70)34(35)27-74-50(53)72)75-43(67)24-52(17-8-6-9-18-52)29-57-46(68)38(15-12-19-56-51(55)73)60-47(69)44(30(2)3)61-41(65)16-7-5-10-20-62-42(66)23-39(49(62)71)58-32(26-64)28-76/h11,13-14,21-22,26,30,32,38-39,44,58,76H,4-10,12,15-20,23-25,27-29H2,1-3H3,(H,57,68)(H,60,69)(H,61,65)(H3,55,56,73)/t32-,38-,39?,44+,53+/m1/s1. The molecule has 1 aliphatic carbocycles. The number of hydrogen-bond acceptors (Lipinski definition) is 15. The molecule has 0 bridgehead atoms. The molecule has 2 fully saturated rings. The van der Waals surface area contributed by atoms with Gasteiger partial charge in [-0.2, -0.15) is 12.6 Å². The van der Waals surface area contributed by atoms with Crippen molar-refractivity contribution in [1.82, 2.24) is 41.0 Å². The largest absolute Gasteiger partial charge is 0.457 e. The number of aldehydes is 1. The number of fused-ring (bicyclic) bond motifs is 5. The van der Waals surface area contributed by atoms with E-state index in [9.17, 15) is 47.9 Å². The van der Waals surface area contributed by atoms with E-state index in [-0.39, 0.29) is 99.7 Å². The molecule has 7 rings (SSSR count). The molecule has 1 saturated carbocycles. The number of primary amides is 1. The summed E-state index contributed by atoms with van der Waals surface area (Å²) < 4.78 is 14.3. The second-order valence-electron chi connectivity index (χ2n) is 20.6. The SMILES string of the molecule is CC[C@@]1(OC(=O)CC2(CNC(=O)[C@@H](CCCNC(N)=O)NC(=O)[C@@H](NC(=O)CCCCCN3C(=O)CC(N[C@H](C=O)CS)C3=O)C(C)C)CCCCC2)C(=O)OCc2c1cc1n(c2=O)Cc2cc3c(Br)cccc3nc2-1. The molecule has 7 amide bonds. The summed E-state index contributed by atoms with van der Waals surface area (Å²) in [5.74, 6) is -4.07. The lowest BCUT2D eigenvalue weighted by Gasteiger charge is -2.39. The van der Waals surface area contributed by atoms with Gasteiger partial charge in [0.25, 0.3) is 5.56 Å². The van der Waals surface area contributed by atoms with Crippen molar-refractivity contribution in [2.45, 2.75) is 154 Å². The van der Waals surface area contributed by atoms with E-state index in [1.807, 2.05) is 24.3 Å². The van der Waals surface area contributed by atoms with Crippen LogP contribution in [0.1, 0.15) is 127 Å². The molecule has 2 aromatic heterocycles. The van der Waals surface area contributed by atoms with Crippen molar-refractivity contribution < 1.29 is 52.6 Å². The number of ether oxygens (including phenoxy) is 2. The number of esters is 2. The van der Waals surface area contributed by atoms with Crippen molar-refractivity contribution in [1.29, 1.82) is 0 Å². The van der Waals surface area contributed by atoms with Crippen molar-refractivity contribution in [2.75, 3.05) is 25.4 Å². The normalized spacial score (nSPS) is 19.7. The number of benzene rings is 1. The molecule has 3 aliphatic heterocycles. The van der Waals surface area contributed by atoms with Crippen LogP contribution < -0.4 is 37.9 Å². The fraction of sp³-hybridized carbons (Fsp3) is 0.566. The number of urea groups is 1. The smallest absolute Gasteiger partial charge is 0.355 e. The molecule has 5 atom stereocenters. The summed E-state index contributed by atoms with van der Waals surface area (Å²) in [5, 5.41) is 14.8. The highest BCUT2D eigenvalue weighted by atomic mass is 79.9. The first-order chi connectivity index (χ1) is 36.3. The fourth-order valence-corrected chi connectivity index (χ4v) is 11.4. The number of thiol groups is 1. The summed E-state index contributed by atoms with van der Waals surface area (Å²) >= 11 is 7.68. The van der Waals surface area contributed by atoms with Crippen LogP contribution in [0, 0.1) is 11.3 Å². The number of carbonyl (C=O) groups excluding carboxylic acids is 9. The molecule has 76 heavy (non-hydrogen) atoms. The minimum absolute atomic E-state index is 0.0208. The van der Waals surface area contributed by atoms with Crippen LogP contribution in [0.4, 0.5) is 4.79 Å². The van der Waals surface area contributed by atoms with Crippen molar-refractivity contribution in [3.8, 4) is 11.4 Å². The Labute approximate surface area is 454 Å². The first-order valence-corrected chi connectivity index (χ1v) is 27.6. The van der Waals surface area contributed by atoms with Crippen molar-refractivity contribution >= 4 is 93.3 Å². The highest BCUT2D eigenvalue weighted by Gasteiger charge is 2.51. The maximum absolute atomic E-state index is 14.4. The van der Waals surface area contributed by atoms with Gasteiger partial charge in [0, 0.05) is 52.8 Å². The number of unbranched alkanes of at least 4 members (excludes halogenated alkanes) is 2. The number of imide groups is 1. The number of cyclic esters (lactones) is 1. The third kappa shape index (κ3) is 13.0. The zero-order valence-corrected chi connectivity index (χ0v) is 45.6. The first-order valence-electron chi connectivity index (χ1n) is 26.2. The molecule has 5 heterocycles. The summed E-state index contributed by atoms with van der Waals surface area (Å²) in [6.07, 6.45) is 5.57. The van der Waals surface area contributed by atoms with Gasteiger partial charge in [0.05, 0.1) is 53.9 Å². The summed E-state index contributed by atoms with van der Waals surface area (Å²) in [4.78, 5) is 138. The molecule has 1 saturated heterocycles. The van der Waals surface area contributed by atoms with E-state index < -0.39 is 82.7 Å². The number of nitrogens with zero attached hydrogens (tertiary/aromatic N) is 3. The second-order valence-corrected chi connectivity index (χ2v) is 21.8. The second kappa shape index (κ2) is 25.3. The molecule has 7 N–H and O–H groups in total. The average Bonchev–Trinajstić information content (AvgIpc) is 3.88. The molecule has 21 nitrogen and oxygen atoms in total. The van der Waals surface area contributed by atoms with Crippen molar-refractivity contribution in [2.24, 2.45) is 17.1 Å². The van der Waals surface area contributed by atoms with Gasteiger partial charge in [-0.3, -0.25) is 43.8 Å². The molecule has 3 aromatic rings. The maximum atomic E-state index is 14.4. The molecule has 0 spiro atoms. The Hall–Kier alpha value is -6.20. The van der Waals surface area contributed by atoms with E-state index in [2.05, 4.69) is 55.1 Å². The van der Waals surface area contributed by atoms with Crippen LogP contribution in [0.3, 0.4) is 0 Å². The highest BCUT2D eigenvalue weighted by Crippen LogP contribution is 2.44. The van der Waals surface area contributed by atoms with Crippen LogP contribution in [-0.4, -0.2) is 118 Å². The summed E-state index contributed by atoms with van der Waals surface area (Å²) in [7, 11) is 0. The number of nitrogens with two attached hydrogens (primary N) is 1. The Morgan fingerprint density at radius 3 is 2.46 bits per heavy atom. The van der Waals surface area contributed by atoms with Gasteiger partial charge in [0.2, 0.25) is 35.1 Å². The van der Waals surface area contributed by atoms with Gasteiger partial charge in [-0.25, -0.2) is 14.6 Å². The van der Waals surface area contributed by atoms with Gasteiger partial charge in [-0.1, -0.05) is 68.5 Å². The van der Waals surface area contributed by atoms with Gasteiger partial charge >= 0.3 is 18.0 Å². The van der Waals surface area contributed by atoms with E-state index in [0.29, 0.717) is 55.3 Å². The Bertz CT molecular complexity index is 2820. The number of hydrogen-bond donors (Lipinski definition) is 7. The number of pyridine rings is 2. The third-order valence-electron chi connectivity index (χ3n) is 15.0. The molecule has 1 unspecified atom stereocenters. The summed E-state index contributed by atoms with van der Waals surface area (Å²) in [5.41, 5.74) is 5.24. The summed E-state index contributed by atoms with van der Waals surface area (Å²) in [6.45, 7) is 5.44. The van der Waals surface area contributed by atoms with Crippen LogP contribution in [0.5, 0.6) is 0 Å². The minimum Gasteiger partial charge on any atom is -0.457 e. The lowest BCUT2D eigenvalue weighted by Crippen LogP contribution is -2.56. The number of halogens is 1. The monoisotopic (exact) mass is 1130 g/mol. The highest BCUT2D eigenvalue weighted by molar-refractivity contribution is 9.10. The van der Waals surface area contributed by atoms with E-state index in [4.69, 9.17) is 20.2 Å². The number of amides is 7. The maximum Gasteiger partial charge on any atom is 0.355 e. The van der Waals surface area contributed by atoms with Crippen LogP contribution in [0.25, 0.3) is 22.3 Å². The lowest BCUT2D eigenvalue weighted by molar-refractivity contribution is -0.191. The molecule has 410 valence electrons. The lowest BCUT2D eigenvalue weighted by atomic mass is 9.71. The van der Waals surface area contributed by atoms with Gasteiger partial charge < -0.3 is 45.8 Å². The van der Waals surface area contributed by atoms with E-state index in [1.54, 1.807) is 31.4 Å². The average molecular weight is 1140 g/mol. The number of carbonyl (C=O) groups is 9. The number of nitrogens with one attached hydrogen (secondary N) is 5. The summed E-state index contributed by atoms with van der Waals surface area (Å²) in [6, 6.07) is 4.99. The Kier molecular flexibility index (Phi) is 19.1. The van der Waals surface area contributed by atoms with E-state index >= 15 is 0 Å². The molecular weight excluding hydrogens is 1070 g/mol. The van der Waals surface area contributed by atoms with Gasteiger partial charge in [0.15, 0.2) is 0 Å². The Balaban J connectivity index is 0.991. The van der Waals surface area contributed by atoms with Gasteiger partial charge in [0.1, 0.15) is 25.0 Å². The van der Waals surface area contributed by atoms with E-state index in [0.717, 1.165) is 39.6 Å². The molecule has 0 radical (unpaired) electrons. The van der Waals surface area contributed by atoms with Crippen molar-refractivity contribution in [3.63, 3.8) is 0 Å². The molecule has 4 aliphatic rings. The first kappa shape index (κ1) is 57.5. The Morgan fingerprint density at radius 1 is 1.00 bits per heavy atom. The van der Waals surface area contributed by atoms with Crippen LogP contribution in [-0.2, 0) is 66.6 Å². The number of aromatic nitrogens is 2. The topological polar surface area (TPSA) is 296 Å². The number of rotatable bonds is 25. The van der Waals surface area contributed by atoms with E-state index in [1.165, 1.54) is 0 Å². The van der Waals surface area contributed by atoms with Gasteiger partial charge in [-0.05, 0) is 80.5 Å². The predicted molar refractivity (Wildman–Crippen MR) is 285 cm³/mol.